The SMILES string of the molecule is CCCCC1NC(c2cccc(F)c2)N(C2CC2C)C1=O. The first-order valence-electron chi connectivity index (χ1n) is 7.95. The largest absolute Gasteiger partial charge is 0.318 e. The maximum Gasteiger partial charge on any atom is 0.241 e. The first-order valence-corrected chi connectivity index (χ1v) is 7.95. The summed E-state index contributed by atoms with van der Waals surface area (Å²) in [5.74, 6) is 0.492. The van der Waals surface area contributed by atoms with E-state index in [2.05, 4.69) is 19.2 Å². The number of nitrogens with one attached hydrogen (secondary N) is 1. The Morgan fingerprint density at radius 1 is 1.43 bits per heavy atom. The van der Waals surface area contributed by atoms with Crippen LogP contribution in [0.15, 0.2) is 24.3 Å². The van der Waals surface area contributed by atoms with Crippen LogP contribution >= 0.6 is 0 Å². The molecule has 1 saturated carbocycles. The van der Waals surface area contributed by atoms with Crippen LogP contribution in [0.25, 0.3) is 0 Å². The number of carbonyl (C=O) groups is 1. The van der Waals surface area contributed by atoms with Crippen LogP contribution < -0.4 is 5.32 Å². The molecule has 4 heteroatoms. The minimum atomic E-state index is -0.248. The van der Waals surface area contributed by atoms with Crippen molar-refractivity contribution in [3.8, 4) is 0 Å². The predicted octanol–water partition coefficient (Wildman–Crippen LogP) is 3.22. The standard InChI is InChI=1S/C17H23FN2O/c1-3-4-8-14-17(21)20(15-9-11(15)2)16(19-14)12-6-5-7-13(18)10-12/h5-7,10-11,14-16,19H,3-4,8-9H2,1-2H3. The lowest BCUT2D eigenvalue weighted by molar-refractivity contribution is -0.131. The number of unbranched alkanes of at least 4 members (excludes halogenated alkanes) is 1. The maximum atomic E-state index is 13.5. The average Bonchev–Trinajstić information content (AvgIpc) is 3.08. The van der Waals surface area contributed by atoms with Gasteiger partial charge in [0.1, 0.15) is 12.0 Å². The number of hydrogen-bond donors (Lipinski definition) is 1. The summed E-state index contributed by atoms with van der Waals surface area (Å²) in [4.78, 5) is 14.6. The summed E-state index contributed by atoms with van der Waals surface area (Å²) in [6.07, 6.45) is 3.85. The highest BCUT2D eigenvalue weighted by molar-refractivity contribution is 5.85. The lowest BCUT2D eigenvalue weighted by Gasteiger charge is -2.25. The number of amides is 1. The number of nitrogens with zero attached hydrogens (tertiary/aromatic N) is 1. The molecule has 4 unspecified atom stereocenters. The average molecular weight is 290 g/mol. The Kier molecular flexibility index (Phi) is 3.98. The quantitative estimate of drug-likeness (QED) is 0.903. The third-order valence-electron chi connectivity index (χ3n) is 4.62. The summed E-state index contributed by atoms with van der Waals surface area (Å²) in [6, 6.07) is 6.78. The van der Waals surface area contributed by atoms with E-state index in [4.69, 9.17) is 0 Å². The summed E-state index contributed by atoms with van der Waals surface area (Å²) < 4.78 is 13.5. The molecule has 2 fully saturated rings. The molecule has 1 amide bonds. The predicted molar refractivity (Wildman–Crippen MR) is 80.0 cm³/mol. The van der Waals surface area contributed by atoms with Crippen LogP contribution in [-0.4, -0.2) is 22.9 Å². The smallest absolute Gasteiger partial charge is 0.241 e. The van der Waals surface area contributed by atoms with E-state index in [1.54, 1.807) is 6.07 Å². The van der Waals surface area contributed by atoms with Crippen LogP contribution in [0.5, 0.6) is 0 Å². The summed E-state index contributed by atoms with van der Waals surface area (Å²) in [5, 5.41) is 3.42. The van der Waals surface area contributed by atoms with Crippen LogP contribution in [0.2, 0.25) is 0 Å². The number of benzene rings is 1. The minimum Gasteiger partial charge on any atom is -0.318 e. The first-order chi connectivity index (χ1) is 10.1. The molecular formula is C17H23FN2O. The molecule has 21 heavy (non-hydrogen) atoms. The van der Waals surface area contributed by atoms with Crippen LogP contribution in [0.1, 0.15) is 51.3 Å². The molecule has 1 heterocycles. The van der Waals surface area contributed by atoms with Gasteiger partial charge in [0.2, 0.25) is 5.91 Å². The minimum absolute atomic E-state index is 0.119. The van der Waals surface area contributed by atoms with Crippen LogP contribution in [0.3, 0.4) is 0 Å². The van der Waals surface area contributed by atoms with Gasteiger partial charge >= 0.3 is 0 Å². The van der Waals surface area contributed by atoms with E-state index in [-0.39, 0.29) is 23.9 Å². The zero-order chi connectivity index (χ0) is 15.0. The molecule has 1 aromatic carbocycles. The van der Waals surface area contributed by atoms with Crippen molar-refractivity contribution < 1.29 is 9.18 Å². The normalized spacial score (nSPS) is 31.8. The van der Waals surface area contributed by atoms with Crippen molar-refractivity contribution in [1.29, 1.82) is 0 Å². The zero-order valence-corrected chi connectivity index (χ0v) is 12.7. The Bertz CT molecular complexity index is 533. The van der Waals surface area contributed by atoms with E-state index in [0.717, 1.165) is 31.2 Å². The molecule has 0 spiro atoms. The van der Waals surface area contributed by atoms with Gasteiger partial charge in [0.25, 0.3) is 0 Å². The Balaban J connectivity index is 1.84. The van der Waals surface area contributed by atoms with Crippen molar-refractivity contribution in [2.45, 2.75) is 57.8 Å². The summed E-state index contributed by atoms with van der Waals surface area (Å²) in [6.45, 7) is 4.30. The molecule has 114 valence electrons. The summed E-state index contributed by atoms with van der Waals surface area (Å²) >= 11 is 0. The number of hydrogen-bond acceptors (Lipinski definition) is 2. The van der Waals surface area contributed by atoms with Gasteiger partial charge in [0.05, 0.1) is 6.04 Å². The van der Waals surface area contributed by atoms with Crippen molar-refractivity contribution >= 4 is 5.91 Å². The van der Waals surface area contributed by atoms with E-state index >= 15 is 0 Å². The van der Waals surface area contributed by atoms with Crippen molar-refractivity contribution in [1.82, 2.24) is 10.2 Å². The van der Waals surface area contributed by atoms with E-state index in [1.165, 1.54) is 12.1 Å². The molecule has 2 aliphatic rings. The molecule has 1 aliphatic carbocycles. The van der Waals surface area contributed by atoms with E-state index in [1.807, 2.05) is 11.0 Å². The molecule has 0 aromatic heterocycles. The number of rotatable bonds is 5. The van der Waals surface area contributed by atoms with Gasteiger partial charge in [-0.3, -0.25) is 10.1 Å². The summed E-state index contributed by atoms with van der Waals surface area (Å²) in [5.41, 5.74) is 0.849. The van der Waals surface area contributed by atoms with Gasteiger partial charge in [-0.25, -0.2) is 4.39 Å². The molecule has 0 radical (unpaired) electrons. The highest BCUT2D eigenvalue weighted by Gasteiger charge is 2.49. The molecular weight excluding hydrogens is 267 g/mol. The molecule has 3 nitrogen and oxygen atoms in total. The third kappa shape index (κ3) is 2.82. The van der Waals surface area contributed by atoms with Gasteiger partial charge in [0.15, 0.2) is 0 Å². The molecule has 0 bridgehead atoms. The topological polar surface area (TPSA) is 32.3 Å². The molecule has 1 aliphatic heterocycles. The molecule has 1 aromatic rings. The van der Waals surface area contributed by atoms with Gasteiger partial charge in [-0.15, -0.1) is 0 Å². The first kappa shape index (κ1) is 14.5. The molecule has 3 rings (SSSR count). The van der Waals surface area contributed by atoms with E-state index < -0.39 is 0 Å². The number of carbonyl (C=O) groups excluding carboxylic acids is 1. The fourth-order valence-electron chi connectivity index (χ4n) is 3.24. The second kappa shape index (κ2) is 5.76. The van der Waals surface area contributed by atoms with Gasteiger partial charge in [0, 0.05) is 6.04 Å². The molecule has 4 atom stereocenters. The Morgan fingerprint density at radius 3 is 2.81 bits per heavy atom. The lowest BCUT2D eigenvalue weighted by atomic mass is 10.1. The summed E-state index contributed by atoms with van der Waals surface area (Å²) in [7, 11) is 0. The van der Waals surface area contributed by atoms with Crippen molar-refractivity contribution in [2.75, 3.05) is 0 Å². The van der Waals surface area contributed by atoms with Gasteiger partial charge in [-0.1, -0.05) is 38.8 Å². The maximum absolute atomic E-state index is 13.5. The monoisotopic (exact) mass is 290 g/mol. The highest BCUT2D eigenvalue weighted by Crippen LogP contribution is 2.42. The van der Waals surface area contributed by atoms with Gasteiger partial charge in [-0.05, 0) is 36.5 Å². The molecule has 1 N–H and O–H groups in total. The second-order valence-corrected chi connectivity index (χ2v) is 6.34. The Labute approximate surface area is 125 Å². The highest BCUT2D eigenvalue weighted by atomic mass is 19.1. The third-order valence-corrected chi connectivity index (χ3v) is 4.62. The van der Waals surface area contributed by atoms with Crippen LogP contribution in [0, 0.1) is 11.7 Å². The van der Waals surface area contributed by atoms with Crippen molar-refractivity contribution in [3.63, 3.8) is 0 Å². The van der Waals surface area contributed by atoms with Crippen molar-refractivity contribution in [2.24, 2.45) is 5.92 Å². The fraction of sp³-hybridized carbons (Fsp3) is 0.588. The van der Waals surface area contributed by atoms with Gasteiger partial charge < -0.3 is 4.90 Å². The van der Waals surface area contributed by atoms with Crippen LogP contribution in [0.4, 0.5) is 4.39 Å². The zero-order valence-electron chi connectivity index (χ0n) is 12.7. The fourth-order valence-corrected chi connectivity index (χ4v) is 3.24. The number of halogens is 1. The van der Waals surface area contributed by atoms with E-state index in [0.29, 0.717) is 12.0 Å². The van der Waals surface area contributed by atoms with Crippen molar-refractivity contribution in [3.05, 3.63) is 35.6 Å². The van der Waals surface area contributed by atoms with Gasteiger partial charge in [-0.2, -0.15) is 0 Å². The lowest BCUT2D eigenvalue weighted by Crippen LogP contribution is -2.34. The Hall–Kier alpha value is -1.42. The second-order valence-electron chi connectivity index (χ2n) is 6.34. The molecule has 1 saturated heterocycles. The Morgan fingerprint density at radius 2 is 2.19 bits per heavy atom. The van der Waals surface area contributed by atoms with E-state index in [9.17, 15) is 9.18 Å². The van der Waals surface area contributed by atoms with Crippen LogP contribution in [-0.2, 0) is 4.79 Å².